The van der Waals surface area contributed by atoms with Crippen molar-refractivity contribution >= 4 is 29.8 Å². The van der Waals surface area contributed by atoms with Crippen molar-refractivity contribution in [2.24, 2.45) is 9.98 Å². The third kappa shape index (κ3) is 6.12. The molecule has 39 heavy (non-hydrogen) atoms. The number of halogens is 1. The number of hydrogen-bond donors (Lipinski definition) is 3. The number of amides is 2. The van der Waals surface area contributed by atoms with Crippen molar-refractivity contribution in [3.8, 4) is 11.3 Å². The van der Waals surface area contributed by atoms with E-state index in [1.165, 1.54) is 12.1 Å². The van der Waals surface area contributed by atoms with E-state index in [9.17, 15) is 14.3 Å². The second kappa shape index (κ2) is 11.3. The molecular formula is C31H34FN5O2. The largest absolute Gasteiger partial charge is 0.391 e. The quantitative estimate of drug-likeness (QED) is 0.258. The maximum Gasteiger partial charge on any atom is 0.319 e. The number of urea groups is 1. The third-order valence-electron chi connectivity index (χ3n) is 7.02. The number of aryl methyl sites for hydroxylation is 1. The van der Waals surface area contributed by atoms with E-state index in [2.05, 4.69) is 27.3 Å². The maximum atomic E-state index is 14.2. The van der Waals surface area contributed by atoms with Crippen LogP contribution in [0.25, 0.3) is 16.8 Å². The van der Waals surface area contributed by atoms with Crippen molar-refractivity contribution in [1.29, 1.82) is 0 Å². The molecule has 1 aliphatic rings. The van der Waals surface area contributed by atoms with Crippen LogP contribution >= 0.6 is 0 Å². The van der Waals surface area contributed by atoms with Crippen LogP contribution in [-0.2, 0) is 5.41 Å². The standard InChI is InChI=1S/C31H34FN5O2/c1-18-14-25(28(21-10-8-7-9-11-21)36-27(18)19(2)17-34-20(3)33-6)35-30(39)37-29-23-15-22(32)12-13-24(23)31(4,5)16-26(29)38/h7-15,17,26,29,38H,6,16H2,1-5H3,(H2,35,37,39)/b19-17+,34-20?/t26-,29?/m1/s1. The van der Waals surface area contributed by atoms with Gasteiger partial charge in [0.2, 0.25) is 0 Å². The van der Waals surface area contributed by atoms with Gasteiger partial charge in [-0.05, 0) is 79.8 Å². The van der Waals surface area contributed by atoms with Crippen LogP contribution in [0, 0.1) is 12.7 Å². The molecule has 0 saturated heterocycles. The molecule has 3 N–H and O–H groups in total. The van der Waals surface area contributed by atoms with Crippen LogP contribution in [0.1, 0.15) is 62.5 Å². The van der Waals surface area contributed by atoms with Crippen LogP contribution in [0.5, 0.6) is 0 Å². The zero-order valence-corrected chi connectivity index (χ0v) is 22.9. The van der Waals surface area contributed by atoms with E-state index < -0.39 is 24.0 Å². The van der Waals surface area contributed by atoms with Gasteiger partial charge < -0.3 is 15.7 Å². The van der Waals surface area contributed by atoms with Gasteiger partial charge in [-0.25, -0.2) is 24.2 Å². The van der Waals surface area contributed by atoms with Crippen LogP contribution in [0.3, 0.4) is 0 Å². The van der Waals surface area contributed by atoms with Crippen molar-refractivity contribution in [3.63, 3.8) is 0 Å². The number of aliphatic imine (C=N–C) groups is 2. The number of pyridine rings is 1. The molecule has 1 aliphatic carbocycles. The summed E-state index contributed by atoms with van der Waals surface area (Å²) >= 11 is 0. The summed E-state index contributed by atoms with van der Waals surface area (Å²) in [5.41, 5.74) is 5.43. The van der Waals surface area contributed by atoms with Crippen molar-refractivity contribution in [3.05, 3.63) is 89.0 Å². The van der Waals surface area contributed by atoms with Crippen LogP contribution < -0.4 is 10.6 Å². The number of aromatic nitrogens is 1. The van der Waals surface area contributed by atoms with Gasteiger partial charge in [0.15, 0.2) is 0 Å². The van der Waals surface area contributed by atoms with Gasteiger partial charge in [0.25, 0.3) is 0 Å². The lowest BCUT2D eigenvalue weighted by atomic mass is 9.69. The molecule has 0 aliphatic heterocycles. The van der Waals surface area contributed by atoms with Gasteiger partial charge in [0.05, 0.1) is 29.2 Å². The van der Waals surface area contributed by atoms with E-state index in [1.54, 1.807) is 19.2 Å². The molecule has 1 heterocycles. The fourth-order valence-corrected chi connectivity index (χ4v) is 5.05. The minimum Gasteiger partial charge on any atom is -0.391 e. The second-order valence-electron chi connectivity index (χ2n) is 10.5. The number of aliphatic hydroxyl groups is 1. The molecule has 1 aromatic heterocycles. The summed E-state index contributed by atoms with van der Waals surface area (Å²) in [6.45, 7) is 13.1. The molecule has 0 bridgehead atoms. The monoisotopic (exact) mass is 527 g/mol. The minimum absolute atomic E-state index is 0.357. The van der Waals surface area contributed by atoms with Crippen molar-refractivity contribution < 1.29 is 14.3 Å². The SMILES string of the molecule is C=NC(C)=N/C=C(\C)c1nc(-c2ccccc2)c(NC(=O)NC2c3cc(F)ccc3C(C)(C)C[C@H]2O)cc1C. The Kier molecular flexibility index (Phi) is 8.06. The molecule has 0 radical (unpaired) electrons. The summed E-state index contributed by atoms with van der Waals surface area (Å²) in [6, 6.07) is 14.6. The average molecular weight is 528 g/mol. The summed E-state index contributed by atoms with van der Waals surface area (Å²) in [4.78, 5) is 26.3. The summed E-state index contributed by atoms with van der Waals surface area (Å²) in [6.07, 6.45) is 1.24. The summed E-state index contributed by atoms with van der Waals surface area (Å²) in [7, 11) is 0. The Hall–Kier alpha value is -4.17. The predicted molar refractivity (Wildman–Crippen MR) is 156 cm³/mol. The van der Waals surface area contributed by atoms with Gasteiger partial charge in [0.1, 0.15) is 11.7 Å². The summed E-state index contributed by atoms with van der Waals surface area (Å²) < 4.78 is 14.2. The number of anilines is 1. The normalized spacial score (nSPS) is 18.7. The van der Waals surface area contributed by atoms with Gasteiger partial charge in [-0.2, -0.15) is 0 Å². The first kappa shape index (κ1) is 27.9. The molecular weight excluding hydrogens is 493 g/mol. The number of amidine groups is 1. The van der Waals surface area contributed by atoms with Crippen molar-refractivity contribution in [2.45, 2.75) is 58.6 Å². The number of rotatable bonds is 5. The maximum absolute atomic E-state index is 14.2. The number of allylic oxidation sites excluding steroid dienone is 1. The Morgan fingerprint density at radius 2 is 1.90 bits per heavy atom. The third-order valence-corrected chi connectivity index (χ3v) is 7.02. The second-order valence-corrected chi connectivity index (χ2v) is 10.5. The number of carbonyl (C=O) groups excluding carboxylic acids is 1. The zero-order valence-electron chi connectivity index (χ0n) is 22.9. The number of carbonyl (C=O) groups is 1. The van der Waals surface area contributed by atoms with Crippen LogP contribution in [0.15, 0.2) is 70.8 Å². The van der Waals surface area contributed by atoms with Gasteiger partial charge >= 0.3 is 6.03 Å². The van der Waals surface area contributed by atoms with E-state index in [0.717, 1.165) is 28.0 Å². The summed E-state index contributed by atoms with van der Waals surface area (Å²) in [5, 5.41) is 16.7. The number of nitrogens with one attached hydrogen (secondary N) is 2. The molecule has 8 heteroatoms. The number of nitrogens with zero attached hydrogens (tertiary/aromatic N) is 3. The molecule has 2 amide bonds. The van der Waals surface area contributed by atoms with E-state index in [-0.39, 0.29) is 5.41 Å². The lowest BCUT2D eigenvalue weighted by Crippen LogP contribution is -2.45. The first-order valence-electron chi connectivity index (χ1n) is 12.8. The molecule has 3 aromatic rings. The van der Waals surface area contributed by atoms with Gasteiger partial charge in [0, 0.05) is 11.8 Å². The molecule has 0 fully saturated rings. The Morgan fingerprint density at radius 3 is 2.59 bits per heavy atom. The highest BCUT2D eigenvalue weighted by atomic mass is 19.1. The first-order valence-corrected chi connectivity index (χ1v) is 12.8. The van der Waals surface area contributed by atoms with Crippen LogP contribution in [0.4, 0.5) is 14.9 Å². The molecule has 4 rings (SSSR count). The van der Waals surface area contributed by atoms with Crippen LogP contribution in [-0.4, -0.2) is 34.8 Å². The van der Waals surface area contributed by atoms with E-state index >= 15 is 0 Å². The van der Waals surface area contributed by atoms with E-state index in [4.69, 9.17) is 4.98 Å². The number of fused-ring (bicyclic) bond motifs is 1. The molecule has 202 valence electrons. The lowest BCUT2D eigenvalue weighted by molar-refractivity contribution is 0.0881. The summed E-state index contributed by atoms with van der Waals surface area (Å²) in [5.74, 6) is 0.124. The molecule has 2 atom stereocenters. The number of hydrogen-bond acceptors (Lipinski definition) is 4. The average Bonchev–Trinajstić information content (AvgIpc) is 2.89. The highest BCUT2D eigenvalue weighted by molar-refractivity contribution is 5.94. The molecule has 0 saturated carbocycles. The Labute approximate surface area is 228 Å². The Bertz CT molecular complexity index is 1460. The zero-order chi connectivity index (χ0) is 28.3. The van der Waals surface area contributed by atoms with E-state index in [0.29, 0.717) is 29.2 Å². The minimum atomic E-state index is -0.877. The highest BCUT2D eigenvalue weighted by Gasteiger charge is 2.39. The van der Waals surface area contributed by atoms with Gasteiger partial charge in [-0.1, -0.05) is 50.2 Å². The topological polar surface area (TPSA) is 99.0 Å². The molecule has 1 unspecified atom stereocenters. The highest BCUT2D eigenvalue weighted by Crippen LogP contribution is 2.42. The van der Waals surface area contributed by atoms with Gasteiger partial charge in [-0.15, -0.1) is 0 Å². The van der Waals surface area contributed by atoms with E-state index in [1.807, 2.05) is 64.1 Å². The lowest BCUT2D eigenvalue weighted by Gasteiger charge is -2.40. The van der Waals surface area contributed by atoms with Crippen LogP contribution in [0.2, 0.25) is 0 Å². The Balaban J connectivity index is 1.69. The van der Waals surface area contributed by atoms with Gasteiger partial charge in [-0.3, -0.25) is 0 Å². The fraction of sp³-hybridized carbons (Fsp3) is 0.290. The van der Waals surface area contributed by atoms with Crippen molar-refractivity contribution in [2.75, 3.05) is 5.32 Å². The van der Waals surface area contributed by atoms with Crippen molar-refractivity contribution in [1.82, 2.24) is 10.3 Å². The molecule has 7 nitrogen and oxygen atoms in total. The first-order chi connectivity index (χ1) is 18.5. The Morgan fingerprint density at radius 1 is 1.18 bits per heavy atom. The number of aliphatic hydroxyl groups excluding tert-OH is 1. The molecule has 2 aromatic carbocycles. The fourth-order valence-electron chi connectivity index (χ4n) is 5.05. The number of benzene rings is 2. The smallest absolute Gasteiger partial charge is 0.319 e. The molecule has 0 spiro atoms. The predicted octanol–water partition coefficient (Wildman–Crippen LogP) is 6.58.